The van der Waals surface area contributed by atoms with Crippen molar-refractivity contribution in [1.82, 2.24) is 0 Å². The number of hydrogen-bond acceptors (Lipinski definition) is 1. The first-order valence-electron chi connectivity index (χ1n) is 4.92. The number of rotatable bonds is 3. The molecule has 1 N–H and O–H groups in total. The fourth-order valence-electron chi connectivity index (χ4n) is 1.52. The molecule has 0 atom stereocenters. The Hall–Kier alpha value is -1.53. The molecule has 2 aromatic rings. The van der Waals surface area contributed by atoms with Crippen LogP contribution in [0.15, 0.2) is 60.7 Å². The molecule has 16 heavy (non-hydrogen) atoms. The summed E-state index contributed by atoms with van der Waals surface area (Å²) in [6, 6.07) is 19.0. The minimum absolute atomic E-state index is 0.676. The van der Waals surface area contributed by atoms with Crippen LogP contribution in [-0.2, 0) is 0 Å². The second-order valence-electron chi connectivity index (χ2n) is 3.29. The van der Waals surface area contributed by atoms with Crippen LogP contribution in [0.1, 0.15) is 0 Å². The van der Waals surface area contributed by atoms with Crippen molar-refractivity contribution < 1.29 is 9.90 Å². The van der Waals surface area contributed by atoms with Crippen molar-refractivity contribution in [1.29, 1.82) is 0 Å². The van der Waals surface area contributed by atoms with Gasteiger partial charge in [0.1, 0.15) is 0 Å². The molecule has 2 rings (SSSR count). The van der Waals surface area contributed by atoms with E-state index >= 15 is 0 Å². The zero-order valence-electron chi connectivity index (χ0n) is 8.58. The van der Waals surface area contributed by atoms with Gasteiger partial charge in [-0.1, -0.05) is 0 Å². The molecule has 0 radical (unpaired) electrons. The van der Waals surface area contributed by atoms with E-state index in [0.717, 1.165) is 8.70 Å². The first kappa shape index (κ1) is 11.0. The van der Waals surface area contributed by atoms with Crippen LogP contribution in [0.5, 0.6) is 0 Å². The van der Waals surface area contributed by atoms with Gasteiger partial charge in [0.05, 0.1) is 0 Å². The summed E-state index contributed by atoms with van der Waals surface area (Å²) >= 11 is -2.18. The first-order valence-corrected chi connectivity index (χ1v) is 7.73. The third-order valence-electron chi connectivity index (χ3n) is 2.22. The molecule has 0 heterocycles. The number of carbonyl (C=O) groups is 1. The molecule has 0 aliphatic rings. The van der Waals surface area contributed by atoms with Gasteiger partial charge in [-0.3, -0.25) is 0 Å². The third kappa shape index (κ3) is 2.34. The molecule has 0 bridgehead atoms. The van der Waals surface area contributed by atoms with Crippen molar-refractivity contribution in [2.45, 2.75) is 0 Å². The van der Waals surface area contributed by atoms with Gasteiger partial charge in [0.15, 0.2) is 0 Å². The van der Waals surface area contributed by atoms with Crippen LogP contribution in [-0.4, -0.2) is 24.5 Å². The standard InChI is InChI=1S/C13H11AsO2/c15-13(16)14(11-7-3-1-4-8-11)12-9-5-2-6-10-12/h1-10H,(H,15,16). The van der Waals surface area contributed by atoms with Crippen LogP contribution in [0.2, 0.25) is 0 Å². The van der Waals surface area contributed by atoms with Crippen molar-refractivity contribution in [2.24, 2.45) is 0 Å². The molecular weight excluding hydrogens is 263 g/mol. The van der Waals surface area contributed by atoms with Gasteiger partial charge in [-0.15, -0.1) is 0 Å². The Morgan fingerprint density at radius 3 is 1.50 bits per heavy atom. The Labute approximate surface area is 98.8 Å². The maximum absolute atomic E-state index is 11.4. The van der Waals surface area contributed by atoms with E-state index in [9.17, 15) is 9.90 Å². The predicted octanol–water partition coefficient (Wildman–Crippen LogP) is 1.56. The fraction of sp³-hybridized carbons (Fsp3) is 0. The Morgan fingerprint density at radius 1 is 0.812 bits per heavy atom. The second kappa shape index (κ2) is 5.00. The Kier molecular flexibility index (Phi) is 3.43. The van der Waals surface area contributed by atoms with Gasteiger partial charge in [-0.05, 0) is 0 Å². The predicted molar refractivity (Wildman–Crippen MR) is 65.9 cm³/mol. The summed E-state index contributed by atoms with van der Waals surface area (Å²) in [6.07, 6.45) is 0. The van der Waals surface area contributed by atoms with Crippen molar-refractivity contribution >= 4 is 28.1 Å². The molecule has 0 aliphatic heterocycles. The number of carboxylic acid groups (broad SMARTS) is 1. The summed E-state index contributed by atoms with van der Waals surface area (Å²) < 4.78 is 1.23. The Morgan fingerprint density at radius 2 is 1.19 bits per heavy atom. The van der Waals surface area contributed by atoms with Crippen molar-refractivity contribution in [3.63, 3.8) is 0 Å². The molecule has 0 amide bonds. The normalized spacial score (nSPS) is 10.3. The van der Waals surface area contributed by atoms with Crippen LogP contribution in [0, 0.1) is 0 Å². The molecule has 2 nitrogen and oxygen atoms in total. The van der Waals surface area contributed by atoms with E-state index in [1.807, 2.05) is 60.7 Å². The summed E-state index contributed by atoms with van der Waals surface area (Å²) in [7, 11) is 0. The number of hydrogen-bond donors (Lipinski definition) is 1. The monoisotopic (exact) mass is 274 g/mol. The third-order valence-corrected chi connectivity index (χ3v) is 6.44. The molecule has 80 valence electrons. The minimum atomic E-state index is -2.18. The molecule has 0 spiro atoms. The molecular formula is C13H11AsO2. The van der Waals surface area contributed by atoms with Crippen LogP contribution < -0.4 is 8.70 Å². The molecule has 0 unspecified atom stereocenters. The summed E-state index contributed by atoms with van der Waals surface area (Å²) in [5, 5.41) is 9.34. The van der Waals surface area contributed by atoms with E-state index in [0.29, 0.717) is 0 Å². The summed E-state index contributed by atoms with van der Waals surface area (Å²) in [6.45, 7) is 0. The van der Waals surface area contributed by atoms with Gasteiger partial charge in [-0.25, -0.2) is 0 Å². The quantitative estimate of drug-likeness (QED) is 0.862. The molecule has 0 fully saturated rings. The van der Waals surface area contributed by atoms with E-state index in [4.69, 9.17) is 0 Å². The van der Waals surface area contributed by atoms with Gasteiger partial charge in [-0.2, -0.15) is 0 Å². The van der Waals surface area contributed by atoms with Gasteiger partial charge in [0, 0.05) is 0 Å². The van der Waals surface area contributed by atoms with E-state index in [-0.39, 0.29) is 0 Å². The van der Waals surface area contributed by atoms with Crippen molar-refractivity contribution in [3.8, 4) is 0 Å². The average molecular weight is 274 g/mol. The molecule has 0 aromatic heterocycles. The summed E-state index contributed by atoms with van der Waals surface area (Å²) in [4.78, 5) is 11.4. The fourth-order valence-corrected chi connectivity index (χ4v) is 5.05. The molecule has 3 heteroatoms. The zero-order chi connectivity index (χ0) is 11.4. The topological polar surface area (TPSA) is 37.3 Å². The van der Waals surface area contributed by atoms with Gasteiger partial charge in [0.25, 0.3) is 0 Å². The molecule has 0 aliphatic carbocycles. The van der Waals surface area contributed by atoms with Crippen LogP contribution >= 0.6 is 0 Å². The summed E-state index contributed by atoms with van der Waals surface area (Å²) in [5.74, 6) is 0. The SMILES string of the molecule is O=C(O)[As](c1ccccc1)c1ccccc1. The van der Waals surface area contributed by atoms with Gasteiger partial charge < -0.3 is 0 Å². The molecule has 0 saturated carbocycles. The molecule has 0 saturated heterocycles. The Balaban J connectivity index is 2.44. The van der Waals surface area contributed by atoms with E-state index < -0.39 is 19.4 Å². The summed E-state index contributed by atoms with van der Waals surface area (Å²) in [5.41, 5.74) is 0. The first-order chi connectivity index (χ1) is 7.79. The van der Waals surface area contributed by atoms with E-state index in [2.05, 4.69) is 0 Å². The average Bonchev–Trinajstić information content (AvgIpc) is 2.31. The zero-order valence-corrected chi connectivity index (χ0v) is 10.5. The van der Waals surface area contributed by atoms with E-state index in [1.165, 1.54) is 0 Å². The van der Waals surface area contributed by atoms with Crippen molar-refractivity contribution in [3.05, 3.63) is 60.7 Å². The number of benzene rings is 2. The second-order valence-corrected chi connectivity index (χ2v) is 7.67. The van der Waals surface area contributed by atoms with Gasteiger partial charge in [0.2, 0.25) is 0 Å². The van der Waals surface area contributed by atoms with Gasteiger partial charge >= 0.3 is 98.7 Å². The van der Waals surface area contributed by atoms with Crippen LogP contribution in [0.3, 0.4) is 0 Å². The van der Waals surface area contributed by atoms with E-state index in [1.54, 1.807) is 0 Å². The maximum atomic E-state index is 11.4. The molecule has 2 aromatic carbocycles. The Bertz CT molecular complexity index is 428. The van der Waals surface area contributed by atoms with Crippen LogP contribution in [0.25, 0.3) is 0 Å². The van der Waals surface area contributed by atoms with Crippen LogP contribution in [0.4, 0.5) is 4.79 Å². The van der Waals surface area contributed by atoms with Crippen molar-refractivity contribution in [2.75, 3.05) is 0 Å².